The summed E-state index contributed by atoms with van der Waals surface area (Å²) in [6.07, 6.45) is 6.81. The lowest BCUT2D eigenvalue weighted by molar-refractivity contribution is -0.145. The number of fused-ring (bicyclic) bond motifs is 1. The molecule has 9 nitrogen and oxygen atoms in total. The Morgan fingerprint density at radius 3 is 2.20 bits per heavy atom. The first-order valence-electron chi connectivity index (χ1n) is 16.3. The van der Waals surface area contributed by atoms with Gasteiger partial charge in [0, 0.05) is 37.6 Å². The van der Waals surface area contributed by atoms with Crippen LogP contribution in [0.25, 0.3) is 0 Å². The van der Waals surface area contributed by atoms with Crippen LogP contribution in [0.1, 0.15) is 46.0 Å². The molecule has 246 valence electrons. The van der Waals surface area contributed by atoms with Crippen LogP contribution in [0, 0.1) is 17.8 Å². The van der Waals surface area contributed by atoms with Gasteiger partial charge in [-0.15, -0.1) is 13.2 Å². The molecule has 3 heterocycles. The molecule has 3 fully saturated rings. The van der Waals surface area contributed by atoms with Crippen LogP contribution in [0.2, 0.25) is 0 Å². The molecule has 46 heavy (non-hydrogen) atoms. The minimum Gasteiger partial charge on any atom is -0.497 e. The van der Waals surface area contributed by atoms with Gasteiger partial charge in [0.05, 0.1) is 24.5 Å². The monoisotopic (exact) mass is 629 g/mol. The van der Waals surface area contributed by atoms with Gasteiger partial charge in [-0.05, 0) is 68.5 Å². The number of hydrogen-bond donors (Lipinski definition) is 1. The first kappa shape index (κ1) is 33.4. The molecule has 5 rings (SSSR count). The number of para-hydroxylation sites is 1. The molecule has 0 radical (unpaired) electrons. The fraction of sp³-hybridized carbons (Fsp3) is 0.486. The molecule has 0 saturated carbocycles. The predicted molar refractivity (Wildman–Crippen MR) is 179 cm³/mol. The molecule has 1 spiro atoms. The molecule has 6 atom stereocenters. The van der Waals surface area contributed by atoms with E-state index in [-0.39, 0.29) is 43.3 Å². The van der Waals surface area contributed by atoms with E-state index in [1.807, 2.05) is 49.4 Å². The van der Waals surface area contributed by atoms with Crippen molar-refractivity contribution in [2.75, 3.05) is 43.2 Å². The third kappa shape index (κ3) is 5.64. The van der Waals surface area contributed by atoms with Crippen LogP contribution < -0.4 is 14.5 Å². The molecular weight excluding hydrogens is 582 g/mol. The quantitative estimate of drug-likeness (QED) is 0.220. The largest absolute Gasteiger partial charge is 0.497 e. The number of unbranched alkanes of at least 4 members (excludes halogenated alkanes) is 3. The van der Waals surface area contributed by atoms with Crippen molar-refractivity contribution >= 4 is 29.1 Å². The Morgan fingerprint density at radius 1 is 0.978 bits per heavy atom. The van der Waals surface area contributed by atoms with Gasteiger partial charge >= 0.3 is 0 Å². The highest BCUT2D eigenvalue weighted by Crippen LogP contribution is 2.65. The molecule has 3 saturated heterocycles. The van der Waals surface area contributed by atoms with E-state index in [9.17, 15) is 19.5 Å². The van der Waals surface area contributed by atoms with Crippen LogP contribution in [0.5, 0.6) is 5.75 Å². The lowest BCUT2D eigenvalue weighted by Gasteiger charge is -2.39. The van der Waals surface area contributed by atoms with Crippen LogP contribution >= 0.6 is 0 Å². The maximum absolute atomic E-state index is 14.9. The van der Waals surface area contributed by atoms with Gasteiger partial charge in [-0.25, -0.2) is 0 Å². The molecule has 3 aliphatic rings. The zero-order valence-corrected chi connectivity index (χ0v) is 27.3. The zero-order valence-electron chi connectivity index (χ0n) is 27.3. The number of aliphatic hydroxyl groups excluding tert-OH is 1. The Bertz CT molecular complexity index is 1430. The average Bonchev–Trinajstić information content (AvgIpc) is 3.58. The summed E-state index contributed by atoms with van der Waals surface area (Å²) in [6.45, 7) is 12.8. The number of anilines is 2. The molecule has 1 N–H and O–H groups in total. The molecule has 3 amide bonds. The third-order valence-corrected chi connectivity index (χ3v) is 10.2. The SMILES string of the molecule is C=CCN(C(=O)C1N(CCCCCCO)C(=O)[C@@H]2[C@H](C(=O)N(CC=C)c3ccccc3)[C@@]3(C)OC12CC3C)c1ccc(OC)cc1. The number of amides is 3. The number of methoxy groups -OCH3 is 1. The zero-order chi connectivity index (χ0) is 33.1. The Labute approximate surface area is 272 Å². The molecule has 2 aromatic rings. The summed E-state index contributed by atoms with van der Waals surface area (Å²) in [5.41, 5.74) is -0.741. The number of ether oxygens (including phenoxy) is 2. The maximum Gasteiger partial charge on any atom is 0.253 e. The maximum atomic E-state index is 14.9. The minimum absolute atomic E-state index is 0.0829. The second kappa shape index (κ2) is 13.8. The normalized spacial score (nSPS) is 27.7. The molecule has 2 bridgehead atoms. The topological polar surface area (TPSA) is 99.6 Å². The van der Waals surface area contributed by atoms with E-state index in [1.165, 1.54) is 0 Å². The molecule has 0 aromatic heterocycles. The van der Waals surface area contributed by atoms with Gasteiger partial charge in [0.15, 0.2) is 0 Å². The van der Waals surface area contributed by atoms with Crippen molar-refractivity contribution < 1.29 is 29.0 Å². The van der Waals surface area contributed by atoms with Gasteiger partial charge in [0.1, 0.15) is 17.4 Å². The van der Waals surface area contributed by atoms with Gasteiger partial charge in [-0.2, -0.15) is 0 Å². The van der Waals surface area contributed by atoms with E-state index in [0.717, 1.165) is 18.5 Å². The Balaban J connectivity index is 1.58. The summed E-state index contributed by atoms with van der Waals surface area (Å²) in [5.74, 6) is -1.69. The van der Waals surface area contributed by atoms with Crippen LogP contribution in [0.3, 0.4) is 0 Å². The lowest BCUT2D eigenvalue weighted by Crippen LogP contribution is -2.57. The standard InChI is InChI=1S/C37H47N3O6/c1-6-21-38(27-15-11-10-12-16-27)33(42)30-31-34(43)40(23-13-8-9-14-24-41)32(37(31)25-26(3)36(30,4)46-37)35(44)39(22-7-2)28-17-19-29(45-5)20-18-28/h6-7,10-12,15-20,26,30-32,41H,1-2,8-9,13-14,21-25H2,3-5H3/t26?,30-,31+,32?,36+,37?/m1/s1. The Morgan fingerprint density at radius 2 is 1.59 bits per heavy atom. The number of carbonyl (C=O) groups excluding carboxylic acids is 3. The van der Waals surface area contributed by atoms with Gasteiger partial charge < -0.3 is 29.3 Å². The number of hydrogen-bond acceptors (Lipinski definition) is 6. The van der Waals surface area contributed by atoms with Gasteiger partial charge in [0.2, 0.25) is 11.8 Å². The van der Waals surface area contributed by atoms with Crippen molar-refractivity contribution in [3.63, 3.8) is 0 Å². The number of rotatable bonds is 15. The Hall–Kier alpha value is -3.95. The number of aliphatic hydroxyl groups is 1. The van der Waals surface area contributed by atoms with Crippen LogP contribution in [-0.2, 0) is 19.1 Å². The molecule has 0 aliphatic carbocycles. The van der Waals surface area contributed by atoms with E-state index in [1.54, 1.807) is 46.1 Å². The second-order valence-corrected chi connectivity index (χ2v) is 12.9. The summed E-state index contributed by atoms with van der Waals surface area (Å²) in [5, 5.41) is 9.27. The van der Waals surface area contributed by atoms with Crippen LogP contribution in [0.15, 0.2) is 79.9 Å². The summed E-state index contributed by atoms with van der Waals surface area (Å²) >= 11 is 0. The van der Waals surface area contributed by atoms with E-state index in [2.05, 4.69) is 20.1 Å². The first-order chi connectivity index (χ1) is 22.2. The molecule has 3 unspecified atom stereocenters. The summed E-state index contributed by atoms with van der Waals surface area (Å²) in [4.78, 5) is 49.3. The summed E-state index contributed by atoms with van der Waals surface area (Å²) < 4.78 is 12.3. The number of benzene rings is 2. The number of carbonyl (C=O) groups is 3. The van der Waals surface area contributed by atoms with Crippen molar-refractivity contribution in [1.82, 2.24) is 4.90 Å². The van der Waals surface area contributed by atoms with Crippen LogP contribution in [-0.4, -0.2) is 78.3 Å². The van der Waals surface area contributed by atoms with E-state index >= 15 is 0 Å². The molecule has 9 heteroatoms. The van der Waals surface area contributed by atoms with Gasteiger partial charge in [-0.3, -0.25) is 14.4 Å². The third-order valence-electron chi connectivity index (χ3n) is 10.2. The number of likely N-dealkylation sites (tertiary alicyclic amines) is 1. The average molecular weight is 630 g/mol. The highest BCUT2D eigenvalue weighted by Gasteiger charge is 2.80. The highest BCUT2D eigenvalue weighted by atomic mass is 16.5. The van der Waals surface area contributed by atoms with E-state index in [4.69, 9.17) is 9.47 Å². The summed E-state index contributed by atoms with van der Waals surface area (Å²) in [7, 11) is 1.59. The van der Waals surface area contributed by atoms with Crippen molar-refractivity contribution in [2.24, 2.45) is 17.8 Å². The predicted octanol–water partition coefficient (Wildman–Crippen LogP) is 5.00. The Kier molecular flexibility index (Phi) is 10.0. The van der Waals surface area contributed by atoms with Crippen molar-refractivity contribution in [2.45, 2.75) is 63.2 Å². The smallest absolute Gasteiger partial charge is 0.253 e. The minimum atomic E-state index is -1.17. The van der Waals surface area contributed by atoms with Crippen molar-refractivity contribution in [3.8, 4) is 5.75 Å². The van der Waals surface area contributed by atoms with E-state index in [0.29, 0.717) is 37.2 Å². The van der Waals surface area contributed by atoms with E-state index < -0.39 is 29.1 Å². The lowest BCUT2D eigenvalue weighted by atomic mass is 9.62. The highest BCUT2D eigenvalue weighted by molar-refractivity contribution is 6.07. The van der Waals surface area contributed by atoms with Crippen molar-refractivity contribution in [3.05, 3.63) is 79.9 Å². The number of nitrogens with zero attached hydrogens (tertiary/aromatic N) is 3. The van der Waals surface area contributed by atoms with Gasteiger partial charge in [-0.1, -0.05) is 50.1 Å². The fourth-order valence-electron chi connectivity index (χ4n) is 7.97. The fourth-order valence-corrected chi connectivity index (χ4v) is 7.97. The molecule has 3 aliphatic heterocycles. The first-order valence-corrected chi connectivity index (χ1v) is 16.3. The molecule has 2 aromatic carbocycles. The molecular formula is C37H47N3O6. The summed E-state index contributed by atoms with van der Waals surface area (Å²) in [6, 6.07) is 15.7. The van der Waals surface area contributed by atoms with Crippen LogP contribution in [0.4, 0.5) is 11.4 Å². The van der Waals surface area contributed by atoms with Crippen molar-refractivity contribution in [1.29, 1.82) is 0 Å². The second-order valence-electron chi connectivity index (χ2n) is 12.9. The van der Waals surface area contributed by atoms with Gasteiger partial charge in [0.25, 0.3) is 5.91 Å².